The van der Waals surface area contributed by atoms with Crippen molar-refractivity contribution < 1.29 is 4.39 Å². The van der Waals surface area contributed by atoms with Crippen LogP contribution in [-0.2, 0) is 0 Å². The fourth-order valence-corrected chi connectivity index (χ4v) is 1.70. The van der Waals surface area contributed by atoms with Crippen molar-refractivity contribution in [2.75, 3.05) is 11.5 Å². The Bertz CT molecular complexity index is 327. The van der Waals surface area contributed by atoms with E-state index in [1.807, 2.05) is 0 Å². The second kappa shape index (κ2) is 4.53. The Morgan fingerprint density at radius 2 is 2.31 bits per heavy atom. The molecule has 0 fully saturated rings. The molecule has 0 aliphatic heterocycles. The largest absolute Gasteiger partial charge is 0.398 e. The Labute approximate surface area is 85.8 Å². The van der Waals surface area contributed by atoms with E-state index in [-0.39, 0.29) is 5.82 Å². The van der Waals surface area contributed by atoms with Crippen molar-refractivity contribution in [3.8, 4) is 0 Å². The van der Waals surface area contributed by atoms with Crippen molar-refractivity contribution in [1.82, 2.24) is 0 Å². The number of hydrogen-bond acceptors (Lipinski definition) is 2. The Balaban J connectivity index is 2.75. The summed E-state index contributed by atoms with van der Waals surface area (Å²) in [6.07, 6.45) is 0. The van der Waals surface area contributed by atoms with E-state index in [1.54, 1.807) is 0 Å². The smallest absolute Gasteiger partial charge is 0.124 e. The molecule has 0 aliphatic carbocycles. The average Bonchev–Trinajstić information content (AvgIpc) is 2.06. The predicted molar refractivity (Wildman–Crippen MR) is 56.5 cm³/mol. The third-order valence-electron chi connectivity index (χ3n) is 1.36. The number of hydrogen-bond donors (Lipinski definition) is 1. The molecular weight excluding hydrogens is 209 g/mol. The van der Waals surface area contributed by atoms with Gasteiger partial charge in [-0.2, -0.15) is 0 Å². The minimum atomic E-state index is -0.295. The van der Waals surface area contributed by atoms with Gasteiger partial charge in [0.1, 0.15) is 5.82 Å². The number of benzene rings is 1. The van der Waals surface area contributed by atoms with Crippen LogP contribution in [0.15, 0.2) is 34.7 Å². The lowest BCUT2D eigenvalue weighted by atomic mass is 10.3. The van der Waals surface area contributed by atoms with Crippen LogP contribution in [0.5, 0.6) is 0 Å². The molecule has 13 heavy (non-hydrogen) atoms. The van der Waals surface area contributed by atoms with Gasteiger partial charge in [0.05, 0.1) is 0 Å². The number of rotatable bonds is 3. The van der Waals surface area contributed by atoms with Gasteiger partial charge in [0.15, 0.2) is 0 Å². The maximum atomic E-state index is 12.7. The molecule has 1 aromatic carbocycles. The molecule has 0 unspecified atom stereocenters. The summed E-state index contributed by atoms with van der Waals surface area (Å²) in [6.45, 7) is 3.53. The number of nitrogens with two attached hydrogens (primary N) is 1. The summed E-state index contributed by atoms with van der Waals surface area (Å²) in [5.74, 6) is 0.242. The van der Waals surface area contributed by atoms with Crippen molar-refractivity contribution in [3.63, 3.8) is 0 Å². The first kappa shape index (κ1) is 10.4. The van der Waals surface area contributed by atoms with Crippen LogP contribution < -0.4 is 5.73 Å². The SMILES string of the molecule is C=C(Cl)CSc1cc(F)ccc1N. The van der Waals surface area contributed by atoms with Crippen molar-refractivity contribution >= 4 is 29.1 Å². The van der Waals surface area contributed by atoms with E-state index in [0.29, 0.717) is 21.4 Å². The van der Waals surface area contributed by atoms with E-state index in [2.05, 4.69) is 6.58 Å². The molecule has 0 aliphatic rings. The summed E-state index contributed by atoms with van der Waals surface area (Å²) >= 11 is 6.94. The van der Waals surface area contributed by atoms with Crippen molar-refractivity contribution in [2.45, 2.75) is 4.90 Å². The van der Waals surface area contributed by atoms with Gasteiger partial charge in [0.25, 0.3) is 0 Å². The van der Waals surface area contributed by atoms with Crippen LogP contribution >= 0.6 is 23.4 Å². The van der Waals surface area contributed by atoms with Crippen LogP contribution in [0.4, 0.5) is 10.1 Å². The van der Waals surface area contributed by atoms with Crippen LogP contribution in [0, 0.1) is 5.82 Å². The molecule has 0 radical (unpaired) electrons. The average molecular weight is 218 g/mol. The molecule has 70 valence electrons. The van der Waals surface area contributed by atoms with E-state index in [4.69, 9.17) is 17.3 Å². The second-order valence-corrected chi connectivity index (χ2v) is 4.04. The summed E-state index contributed by atoms with van der Waals surface area (Å²) in [6, 6.07) is 4.25. The Morgan fingerprint density at radius 3 is 2.92 bits per heavy atom. The fraction of sp³-hybridized carbons (Fsp3) is 0.111. The lowest BCUT2D eigenvalue weighted by molar-refractivity contribution is 0.624. The highest BCUT2D eigenvalue weighted by Gasteiger charge is 2.01. The van der Waals surface area contributed by atoms with Gasteiger partial charge in [-0.1, -0.05) is 18.2 Å². The van der Waals surface area contributed by atoms with E-state index >= 15 is 0 Å². The normalized spacial score (nSPS) is 10.0. The minimum absolute atomic E-state index is 0.295. The topological polar surface area (TPSA) is 26.0 Å². The Hall–Kier alpha value is -0.670. The number of anilines is 1. The molecule has 0 aromatic heterocycles. The summed E-state index contributed by atoms with van der Waals surface area (Å²) in [5, 5.41) is 0.522. The first-order valence-corrected chi connectivity index (χ1v) is 4.97. The predicted octanol–water partition coefficient (Wildman–Crippen LogP) is 3.25. The molecule has 0 saturated carbocycles. The third-order valence-corrected chi connectivity index (χ3v) is 2.81. The maximum absolute atomic E-state index is 12.7. The molecule has 0 atom stereocenters. The van der Waals surface area contributed by atoms with Crippen LogP contribution in [0.2, 0.25) is 0 Å². The molecule has 1 aromatic rings. The van der Waals surface area contributed by atoms with Gasteiger partial charge in [-0.15, -0.1) is 11.8 Å². The fourth-order valence-electron chi connectivity index (χ4n) is 0.789. The van der Waals surface area contributed by atoms with Gasteiger partial charge >= 0.3 is 0 Å². The molecule has 0 bridgehead atoms. The number of thioether (sulfide) groups is 1. The second-order valence-electron chi connectivity index (χ2n) is 2.49. The quantitative estimate of drug-likeness (QED) is 0.621. The van der Waals surface area contributed by atoms with Gasteiger partial charge in [0.2, 0.25) is 0 Å². The van der Waals surface area contributed by atoms with Gasteiger partial charge in [-0.25, -0.2) is 4.39 Å². The van der Waals surface area contributed by atoms with E-state index in [1.165, 1.54) is 30.0 Å². The van der Waals surface area contributed by atoms with Crippen molar-refractivity contribution in [2.24, 2.45) is 0 Å². The summed E-state index contributed by atoms with van der Waals surface area (Å²) in [5.41, 5.74) is 6.17. The summed E-state index contributed by atoms with van der Waals surface area (Å²) in [7, 11) is 0. The lowest BCUT2D eigenvalue weighted by Gasteiger charge is -2.03. The molecule has 0 heterocycles. The standard InChI is InChI=1S/C9H9ClFNS/c1-6(10)5-13-9-4-7(11)2-3-8(9)12/h2-4H,1,5,12H2. The first-order valence-electron chi connectivity index (χ1n) is 3.60. The minimum Gasteiger partial charge on any atom is -0.398 e. The monoisotopic (exact) mass is 217 g/mol. The van der Waals surface area contributed by atoms with Crippen molar-refractivity contribution in [3.05, 3.63) is 35.6 Å². The molecular formula is C9H9ClFNS. The van der Waals surface area contributed by atoms with Gasteiger partial charge in [-0.05, 0) is 18.2 Å². The third kappa shape index (κ3) is 3.28. The Morgan fingerprint density at radius 1 is 1.62 bits per heavy atom. The van der Waals surface area contributed by atoms with Gasteiger partial charge in [0, 0.05) is 21.4 Å². The van der Waals surface area contributed by atoms with Crippen LogP contribution in [0.3, 0.4) is 0 Å². The van der Waals surface area contributed by atoms with Crippen LogP contribution in [0.25, 0.3) is 0 Å². The molecule has 0 saturated heterocycles. The number of halogens is 2. The van der Waals surface area contributed by atoms with Crippen LogP contribution in [0.1, 0.15) is 0 Å². The van der Waals surface area contributed by atoms with Crippen LogP contribution in [-0.4, -0.2) is 5.75 Å². The Kier molecular flexibility index (Phi) is 3.63. The van der Waals surface area contributed by atoms with E-state index < -0.39 is 0 Å². The first-order chi connectivity index (χ1) is 6.09. The zero-order chi connectivity index (χ0) is 9.84. The molecule has 2 N–H and O–H groups in total. The molecule has 0 amide bonds. The number of nitrogen functional groups attached to an aromatic ring is 1. The van der Waals surface area contributed by atoms with E-state index in [9.17, 15) is 4.39 Å². The maximum Gasteiger partial charge on any atom is 0.124 e. The van der Waals surface area contributed by atoms with Gasteiger partial charge < -0.3 is 5.73 Å². The molecule has 4 heteroatoms. The molecule has 1 rings (SSSR count). The molecule has 1 nitrogen and oxygen atoms in total. The zero-order valence-electron chi connectivity index (χ0n) is 6.89. The highest BCUT2D eigenvalue weighted by atomic mass is 35.5. The summed E-state index contributed by atoms with van der Waals surface area (Å²) in [4.78, 5) is 0.696. The highest BCUT2D eigenvalue weighted by Crippen LogP contribution is 2.27. The lowest BCUT2D eigenvalue weighted by Crippen LogP contribution is -1.90. The summed E-state index contributed by atoms with van der Waals surface area (Å²) < 4.78 is 12.7. The van der Waals surface area contributed by atoms with E-state index in [0.717, 1.165) is 0 Å². The zero-order valence-corrected chi connectivity index (χ0v) is 8.46. The van der Waals surface area contributed by atoms with Gasteiger partial charge in [-0.3, -0.25) is 0 Å². The van der Waals surface area contributed by atoms with Crippen molar-refractivity contribution in [1.29, 1.82) is 0 Å². The molecule has 0 spiro atoms. The highest BCUT2D eigenvalue weighted by molar-refractivity contribution is 7.99.